The Labute approximate surface area is 181 Å². The van der Waals surface area contributed by atoms with E-state index in [4.69, 9.17) is 4.74 Å². The number of carbonyl (C=O) groups is 1. The molecule has 0 amide bonds. The summed E-state index contributed by atoms with van der Waals surface area (Å²) in [6, 6.07) is 12.6. The molecule has 0 spiro atoms. The van der Waals surface area contributed by atoms with Gasteiger partial charge in [-0.3, -0.25) is 9.78 Å². The van der Waals surface area contributed by atoms with Gasteiger partial charge in [0.1, 0.15) is 11.9 Å². The highest BCUT2D eigenvalue weighted by atomic mass is 19.1. The normalized spacial score (nSPS) is 18.9. The van der Waals surface area contributed by atoms with Crippen molar-refractivity contribution >= 4 is 5.97 Å². The lowest BCUT2D eigenvalue weighted by molar-refractivity contribution is -0.160. The van der Waals surface area contributed by atoms with Crippen LogP contribution >= 0.6 is 0 Å². The first-order valence-corrected chi connectivity index (χ1v) is 10.7. The van der Waals surface area contributed by atoms with Gasteiger partial charge < -0.3 is 14.4 Å². The van der Waals surface area contributed by atoms with Crippen LogP contribution in [-0.2, 0) is 16.1 Å². The average Bonchev–Trinajstić information content (AvgIpc) is 3.12. The fraction of sp³-hybridized carbons (Fsp3) is 0.360. The number of hydrogen-bond acceptors (Lipinski definition) is 4. The Hall–Kier alpha value is -2.99. The van der Waals surface area contributed by atoms with Gasteiger partial charge in [-0.05, 0) is 59.5 Å². The fourth-order valence-corrected chi connectivity index (χ4v) is 4.27. The minimum Gasteiger partial charge on any atom is -0.462 e. The largest absolute Gasteiger partial charge is 0.462 e. The van der Waals surface area contributed by atoms with Crippen molar-refractivity contribution in [2.45, 2.75) is 57.8 Å². The number of cyclic esters (lactones) is 1. The minimum atomic E-state index is -0.649. The summed E-state index contributed by atoms with van der Waals surface area (Å²) in [6.07, 6.45) is 3.67. The van der Waals surface area contributed by atoms with E-state index in [0.29, 0.717) is 19.4 Å². The molecule has 162 valence electrons. The van der Waals surface area contributed by atoms with Crippen molar-refractivity contribution < 1.29 is 19.0 Å². The van der Waals surface area contributed by atoms with Crippen LogP contribution in [0.1, 0.15) is 44.7 Å². The molecule has 0 saturated carbocycles. The van der Waals surface area contributed by atoms with Crippen molar-refractivity contribution in [3.8, 4) is 22.4 Å². The van der Waals surface area contributed by atoms with Gasteiger partial charge in [-0.1, -0.05) is 13.8 Å². The van der Waals surface area contributed by atoms with Crippen LogP contribution < -0.4 is 0 Å². The van der Waals surface area contributed by atoms with E-state index in [1.807, 2.05) is 12.1 Å². The van der Waals surface area contributed by atoms with Gasteiger partial charge in [0.25, 0.3) is 0 Å². The monoisotopic (exact) mass is 422 g/mol. The molecular formula is C25H27FN2O3. The number of halogens is 1. The molecule has 2 aromatic heterocycles. The van der Waals surface area contributed by atoms with Crippen LogP contribution in [0.2, 0.25) is 0 Å². The number of pyridine rings is 1. The van der Waals surface area contributed by atoms with Gasteiger partial charge in [0, 0.05) is 43.0 Å². The molecule has 3 heterocycles. The van der Waals surface area contributed by atoms with E-state index in [-0.39, 0.29) is 30.2 Å². The van der Waals surface area contributed by atoms with Crippen LogP contribution in [0.3, 0.4) is 0 Å². The maximum absolute atomic E-state index is 13.6. The quantitative estimate of drug-likeness (QED) is 0.572. The second-order valence-corrected chi connectivity index (χ2v) is 8.37. The molecular weight excluding hydrogens is 395 g/mol. The summed E-state index contributed by atoms with van der Waals surface area (Å²) in [7, 11) is 0. The zero-order chi connectivity index (χ0) is 22.0. The third-order valence-electron chi connectivity index (χ3n) is 5.74. The van der Waals surface area contributed by atoms with Crippen LogP contribution in [0.5, 0.6) is 0 Å². The number of rotatable bonds is 6. The van der Waals surface area contributed by atoms with E-state index in [1.165, 1.54) is 12.1 Å². The SMILES string of the molecule is CC(C)c1cc(-c2ccncc2)c(-c2ccc(F)cc2)n1CCC1CC(O)CC(=O)O1. The predicted molar refractivity (Wildman–Crippen MR) is 117 cm³/mol. The Kier molecular flexibility index (Phi) is 6.18. The molecule has 31 heavy (non-hydrogen) atoms. The van der Waals surface area contributed by atoms with Gasteiger partial charge in [-0.15, -0.1) is 0 Å². The topological polar surface area (TPSA) is 64.3 Å². The lowest BCUT2D eigenvalue weighted by Gasteiger charge is -2.27. The van der Waals surface area contributed by atoms with Gasteiger partial charge >= 0.3 is 5.97 Å². The second kappa shape index (κ2) is 9.02. The number of esters is 1. The minimum absolute atomic E-state index is 0.0598. The van der Waals surface area contributed by atoms with Gasteiger partial charge in [0.15, 0.2) is 0 Å². The molecule has 4 rings (SSSR count). The van der Waals surface area contributed by atoms with Gasteiger partial charge in [0.05, 0.1) is 18.2 Å². The number of ether oxygens (including phenoxy) is 1. The summed E-state index contributed by atoms with van der Waals surface area (Å²) in [6.45, 7) is 4.90. The smallest absolute Gasteiger partial charge is 0.308 e. The van der Waals surface area contributed by atoms with E-state index in [9.17, 15) is 14.3 Å². The lowest BCUT2D eigenvalue weighted by atomic mass is 10.0. The number of hydrogen-bond donors (Lipinski definition) is 1. The number of aliphatic hydroxyl groups excluding tert-OH is 1. The molecule has 1 N–H and O–H groups in total. The zero-order valence-corrected chi connectivity index (χ0v) is 17.8. The van der Waals surface area contributed by atoms with E-state index in [0.717, 1.165) is 28.1 Å². The van der Waals surface area contributed by atoms with E-state index >= 15 is 0 Å². The van der Waals surface area contributed by atoms with Gasteiger partial charge in [-0.2, -0.15) is 0 Å². The molecule has 6 heteroatoms. The molecule has 0 bridgehead atoms. The Balaban J connectivity index is 1.77. The first kappa shape index (κ1) is 21.2. The Morgan fingerprint density at radius 3 is 2.52 bits per heavy atom. The predicted octanol–water partition coefficient (Wildman–Crippen LogP) is 4.94. The van der Waals surface area contributed by atoms with E-state index < -0.39 is 6.10 Å². The number of nitrogens with zero attached hydrogens (tertiary/aromatic N) is 2. The molecule has 5 nitrogen and oxygen atoms in total. The Bertz CT molecular complexity index is 1040. The number of aromatic nitrogens is 2. The lowest BCUT2D eigenvalue weighted by Crippen LogP contribution is -2.33. The number of aliphatic hydroxyl groups is 1. The third-order valence-corrected chi connectivity index (χ3v) is 5.74. The zero-order valence-electron chi connectivity index (χ0n) is 17.8. The molecule has 1 aliphatic heterocycles. The van der Waals surface area contributed by atoms with Crippen molar-refractivity contribution in [2.24, 2.45) is 0 Å². The van der Waals surface area contributed by atoms with Crippen LogP contribution in [0.25, 0.3) is 22.4 Å². The summed E-state index contributed by atoms with van der Waals surface area (Å²) in [5.74, 6) is -0.370. The van der Waals surface area contributed by atoms with Crippen LogP contribution in [0, 0.1) is 5.82 Å². The molecule has 1 fully saturated rings. The Morgan fingerprint density at radius 1 is 1.16 bits per heavy atom. The van der Waals surface area contributed by atoms with E-state index in [1.54, 1.807) is 24.5 Å². The van der Waals surface area contributed by atoms with Crippen LogP contribution in [-0.4, -0.2) is 32.8 Å². The third kappa shape index (κ3) is 4.69. The number of benzene rings is 1. The van der Waals surface area contributed by atoms with Crippen molar-refractivity contribution in [1.82, 2.24) is 9.55 Å². The van der Waals surface area contributed by atoms with Crippen molar-refractivity contribution in [2.75, 3.05) is 0 Å². The van der Waals surface area contributed by atoms with Crippen LogP contribution in [0.4, 0.5) is 4.39 Å². The Morgan fingerprint density at radius 2 is 1.87 bits per heavy atom. The first-order valence-electron chi connectivity index (χ1n) is 10.7. The van der Waals surface area contributed by atoms with Crippen molar-refractivity contribution in [3.05, 3.63) is 66.4 Å². The molecule has 1 saturated heterocycles. The highest BCUT2D eigenvalue weighted by Crippen LogP contribution is 2.38. The summed E-state index contributed by atoms with van der Waals surface area (Å²) in [4.78, 5) is 15.9. The summed E-state index contributed by atoms with van der Waals surface area (Å²) >= 11 is 0. The average molecular weight is 423 g/mol. The van der Waals surface area contributed by atoms with Crippen LogP contribution in [0.15, 0.2) is 54.9 Å². The van der Waals surface area contributed by atoms with Crippen molar-refractivity contribution in [3.63, 3.8) is 0 Å². The van der Waals surface area contributed by atoms with Crippen molar-refractivity contribution in [1.29, 1.82) is 0 Å². The maximum Gasteiger partial charge on any atom is 0.308 e. The first-order chi connectivity index (χ1) is 14.9. The number of carbonyl (C=O) groups excluding carboxylic acids is 1. The highest BCUT2D eigenvalue weighted by Gasteiger charge is 2.28. The van der Waals surface area contributed by atoms with Gasteiger partial charge in [0.2, 0.25) is 0 Å². The molecule has 1 aliphatic rings. The maximum atomic E-state index is 13.6. The highest BCUT2D eigenvalue weighted by molar-refractivity contribution is 5.82. The molecule has 0 aliphatic carbocycles. The van der Waals surface area contributed by atoms with Gasteiger partial charge in [-0.25, -0.2) is 4.39 Å². The fourth-order valence-electron chi connectivity index (χ4n) is 4.27. The molecule has 3 aromatic rings. The summed E-state index contributed by atoms with van der Waals surface area (Å²) < 4.78 is 21.3. The summed E-state index contributed by atoms with van der Waals surface area (Å²) in [5, 5.41) is 9.95. The summed E-state index contributed by atoms with van der Waals surface area (Å²) in [5.41, 5.74) is 5.15. The molecule has 2 unspecified atom stereocenters. The molecule has 0 radical (unpaired) electrons. The second-order valence-electron chi connectivity index (χ2n) is 8.37. The molecule has 1 aromatic carbocycles. The standard InChI is InChI=1S/C25H27FN2O3/c1-16(2)23-15-22(17-7-10-27-11-8-17)25(18-3-5-19(26)6-4-18)28(23)12-9-21-13-20(29)14-24(30)31-21/h3-8,10-11,15-16,20-21,29H,9,12-14H2,1-2H3. The molecule has 2 atom stereocenters. The van der Waals surface area contributed by atoms with E-state index in [2.05, 4.69) is 29.5 Å².